The zero-order valence-electron chi connectivity index (χ0n) is 15.5. The molecule has 1 amide bonds. The Balaban J connectivity index is 1.53. The van der Waals surface area contributed by atoms with Crippen LogP contribution in [0, 0.1) is 0 Å². The third kappa shape index (κ3) is 5.76. The lowest BCUT2D eigenvalue weighted by Gasteiger charge is -2.29. The molecule has 0 bridgehead atoms. The van der Waals surface area contributed by atoms with Gasteiger partial charge in [0.05, 0.1) is 30.9 Å². The smallest absolute Gasteiger partial charge is 0.379 e. The van der Waals surface area contributed by atoms with Crippen molar-refractivity contribution >= 4 is 17.2 Å². The van der Waals surface area contributed by atoms with E-state index in [4.69, 9.17) is 4.74 Å². The van der Waals surface area contributed by atoms with E-state index in [1.165, 1.54) is 23.5 Å². The summed E-state index contributed by atoms with van der Waals surface area (Å²) < 4.78 is 43.3. The minimum Gasteiger partial charge on any atom is -0.379 e. The Bertz CT molecular complexity index is 786. The van der Waals surface area contributed by atoms with Gasteiger partial charge in [0.1, 0.15) is 5.01 Å². The second kappa shape index (κ2) is 9.02. The fourth-order valence-electron chi connectivity index (χ4n) is 3.03. The molecule has 1 aromatic carbocycles. The highest BCUT2D eigenvalue weighted by atomic mass is 32.1. The Labute approximate surface area is 165 Å². The summed E-state index contributed by atoms with van der Waals surface area (Å²) in [5.41, 5.74) is 0.517. The number of hydrogen-bond donors (Lipinski definition) is 1. The molecule has 2 heterocycles. The van der Waals surface area contributed by atoms with Crippen LogP contribution >= 0.6 is 11.3 Å². The molecule has 1 unspecified atom stereocenters. The maximum absolute atomic E-state index is 12.7. The predicted octanol–water partition coefficient (Wildman–Crippen LogP) is 3.21. The molecule has 2 aromatic rings. The molecule has 1 N–H and O–H groups in total. The number of halogens is 3. The van der Waals surface area contributed by atoms with Crippen molar-refractivity contribution in [1.29, 1.82) is 0 Å². The standard InChI is InChI=1S/C19H22F3N3O2S/c1-13(11-25-6-8-27-9-7-25)23-17(26)10-16-12-28-18(24-16)14-2-4-15(5-3-14)19(20,21)22/h2-5,12-13H,6-11H2,1H3,(H,23,26). The number of thiazole rings is 1. The average Bonchev–Trinajstić information content (AvgIpc) is 3.10. The highest BCUT2D eigenvalue weighted by Gasteiger charge is 2.30. The van der Waals surface area contributed by atoms with Gasteiger partial charge in [0.25, 0.3) is 0 Å². The van der Waals surface area contributed by atoms with Crippen LogP contribution in [0.4, 0.5) is 13.2 Å². The first-order valence-corrected chi connectivity index (χ1v) is 9.91. The van der Waals surface area contributed by atoms with Gasteiger partial charge in [-0.05, 0) is 19.1 Å². The van der Waals surface area contributed by atoms with Crippen LogP contribution in [0.1, 0.15) is 18.2 Å². The van der Waals surface area contributed by atoms with Gasteiger partial charge < -0.3 is 10.1 Å². The van der Waals surface area contributed by atoms with E-state index in [2.05, 4.69) is 15.2 Å². The van der Waals surface area contributed by atoms with Crippen LogP contribution in [0.5, 0.6) is 0 Å². The largest absolute Gasteiger partial charge is 0.416 e. The number of ether oxygens (including phenoxy) is 1. The fraction of sp³-hybridized carbons (Fsp3) is 0.474. The average molecular weight is 413 g/mol. The van der Waals surface area contributed by atoms with Gasteiger partial charge in [-0.1, -0.05) is 12.1 Å². The van der Waals surface area contributed by atoms with Crippen LogP contribution in [-0.4, -0.2) is 54.7 Å². The number of alkyl halides is 3. The minimum atomic E-state index is -4.36. The van der Waals surface area contributed by atoms with Crippen molar-refractivity contribution in [3.63, 3.8) is 0 Å². The summed E-state index contributed by atoms with van der Waals surface area (Å²) in [6.07, 6.45) is -4.22. The van der Waals surface area contributed by atoms with Crippen molar-refractivity contribution in [2.75, 3.05) is 32.8 Å². The first kappa shape index (κ1) is 20.8. The quantitative estimate of drug-likeness (QED) is 0.790. The van der Waals surface area contributed by atoms with Crippen molar-refractivity contribution in [3.05, 3.63) is 40.9 Å². The highest BCUT2D eigenvalue weighted by Crippen LogP contribution is 2.31. The van der Waals surface area contributed by atoms with Gasteiger partial charge in [0.2, 0.25) is 5.91 Å². The first-order valence-electron chi connectivity index (χ1n) is 9.03. The molecule has 0 saturated carbocycles. The first-order chi connectivity index (χ1) is 13.3. The number of morpholine rings is 1. The summed E-state index contributed by atoms with van der Waals surface area (Å²) in [5, 5.41) is 5.33. The summed E-state index contributed by atoms with van der Waals surface area (Å²) in [7, 11) is 0. The van der Waals surface area contributed by atoms with E-state index < -0.39 is 11.7 Å². The molecule has 1 saturated heterocycles. The summed E-state index contributed by atoms with van der Waals surface area (Å²) >= 11 is 1.31. The van der Waals surface area contributed by atoms with Crippen LogP contribution in [-0.2, 0) is 22.1 Å². The topological polar surface area (TPSA) is 54.5 Å². The molecule has 1 aromatic heterocycles. The molecule has 0 aliphatic carbocycles. The van der Waals surface area contributed by atoms with Gasteiger partial charge in [-0.15, -0.1) is 11.3 Å². The van der Waals surface area contributed by atoms with Gasteiger partial charge >= 0.3 is 6.18 Å². The van der Waals surface area contributed by atoms with Crippen molar-refractivity contribution in [2.24, 2.45) is 0 Å². The van der Waals surface area contributed by atoms with E-state index in [1.54, 1.807) is 5.38 Å². The maximum Gasteiger partial charge on any atom is 0.416 e. The van der Waals surface area contributed by atoms with E-state index >= 15 is 0 Å². The molecule has 1 aliphatic heterocycles. The van der Waals surface area contributed by atoms with Gasteiger partial charge in [0, 0.05) is 36.6 Å². The van der Waals surface area contributed by atoms with Gasteiger partial charge in [-0.2, -0.15) is 13.2 Å². The lowest BCUT2D eigenvalue weighted by Crippen LogP contribution is -2.46. The van der Waals surface area contributed by atoms with Crippen molar-refractivity contribution in [2.45, 2.75) is 25.6 Å². The number of nitrogens with zero attached hydrogens (tertiary/aromatic N) is 2. The Kier molecular flexibility index (Phi) is 6.69. The maximum atomic E-state index is 12.7. The molecule has 0 spiro atoms. The van der Waals surface area contributed by atoms with E-state index in [1.807, 2.05) is 6.92 Å². The molecule has 9 heteroatoms. The summed E-state index contributed by atoms with van der Waals surface area (Å²) in [5.74, 6) is -0.120. The molecule has 0 radical (unpaired) electrons. The third-order valence-electron chi connectivity index (χ3n) is 4.40. The van der Waals surface area contributed by atoms with Crippen molar-refractivity contribution in [1.82, 2.24) is 15.2 Å². The number of rotatable bonds is 6. The lowest BCUT2D eigenvalue weighted by molar-refractivity contribution is -0.137. The van der Waals surface area contributed by atoms with Crippen molar-refractivity contribution < 1.29 is 22.7 Å². The van der Waals surface area contributed by atoms with E-state index in [-0.39, 0.29) is 18.4 Å². The second-order valence-corrected chi connectivity index (χ2v) is 7.64. The zero-order valence-corrected chi connectivity index (χ0v) is 16.3. The minimum absolute atomic E-state index is 0.0126. The monoisotopic (exact) mass is 413 g/mol. The van der Waals surface area contributed by atoms with Crippen LogP contribution in [0.25, 0.3) is 10.6 Å². The number of carbonyl (C=O) groups excluding carboxylic acids is 1. The number of nitrogens with one attached hydrogen (secondary N) is 1. The molecule has 3 rings (SSSR count). The number of amides is 1. The molecular weight excluding hydrogens is 391 g/mol. The normalized spacial score (nSPS) is 16.7. The Morgan fingerprint density at radius 2 is 1.96 bits per heavy atom. The molecule has 5 nitrogen and oxygen atoms in total. The zero-order chi connectivity index (χ0) is 20.1. The molecule has 1 atom stereocenters. The van der Waals surface area contributed by atoms with Crippen LogP contribution in [0.3, 0.4) is 0 Å². The summed E-state index contributed by atoms with van der Waals surface area (Å²) in [6.45, 7) is 5.88. The Morgan fingerprint density at radius 3 is 2.61 bits per heavy atom. The molecule has 1 aliphatic rings. The highest BCUT2D eigenvalue weighted by molar-refractivity contribution is 7.13. The van der Waals surface area contributed by atoms with Gasteiger partial charge in [-0.3, -0.25) is 9.69 Å². The van der Waals surface area contributed by atoms with Gasteiger partial charge in [0.15, 0.2) is 0 Å². The number of aromatic nitrogens is 1. The van der Waals surface area contributed by atoms with E-state index in [9.17, 15) is 18.0 Å². The van der Waals surface area contributed by atoms with Crippen LogP contribution in [0.2, 0.25) is 0 Å². The Hall–Kier alpha value is -1.97. The van der Waals surface area contributed by atoms with Crippen molar-refractivity contribution in [3.8, 4) is 10.6 Å². The number of benzene rings is 1. The molecule has 152 valence electrons. The van der Waals surface area contributed by atoms with Crippen LogP contribution < -0.4 is 5.32 Å². The summed E-state index contributed by atoms with van der Waals surface area (Å²) in [6, 6.07) is 4.89. The molecule has 28 heavy (non-hydrogen) atoms. The molecule has 1 fully saturated rings. The second-order valence-electron chi connectivity index (χ2n) is 6.78. The predicted molar refractivity (Wildman–Crippen MR) is 101 cm³/mol. The SMILES string of the molecule is CC(CN1CCOCC1)NC(=O)Cc1csc(-c2ccc(C(F)(F)F)cc2)n1. The molecular formula is C19H22F3N3O2S. The van der Waals surface area contributed by atoms with Gasteiger partial charge in [-0.25, -0.2) is 4.98 Å². The summed E-state index contributed by atoms with van der Waals surface area (Å²) in [4.78, 5) is 18.9. The number of carbonyl (C=O) groups is 1. The third-order valence-corrected chi connectivity index (χ3v) is 5.34. The van der Waals surface area contributed by atoms with Crippen LogP contribution in [0.15, 0.2) is 29.6 Å². The Morgan fingerprint density at radius 1 is 1.29 bits per heavy atom. The lowest BCUT2D eigenvalue weighted by atomic mass is 10.1. The van der Waals surface area contributed by atoms with E-state index in [0.29, 0.717) is 29.5 Å². The van der Waals surface area contributed by atoms with E-state index in [0.717, 1.165) is 31.8 Å². The fourth-order valence-corrected chi connectivity index (χ4v) is 3.86. The number of hydrogen-bond acceptors (Lipinski definition) is 5.